The average Bonchev–Trinajstić information content (AvgIpc) is 2.99. The van der Waals surface area contributed by atoms with Crippen LogP contribution in [0.15, 0.2) is 12.4 Å². The fraction of sp³-hybridized carbons (Fsp3) is 0.769. The summed E-state index contributed by atoms with van der Waals surface area (Å²) in [7, 11) is 0. The molecular formula is C13H23N3S. The molecule has 1 fully saturated rings. The van der Waals surface area contributed by atoms with Crippen molar-refractivity contribution >= 4 is 11.8 Å². The summed E-state index contributed by atoms with van der Waals surface area (Å²) in [5.41, 5.74) is 0. The van der Waals surface area contributed by atoms with Crippen LogP contribution < -0.4 is 5.32 Å². The normalized spacial score (nSPS) is 21.9. The third kappa shape index (κ3) is 3.26. The Bertz CT molecular complexity index is 331. The summed E-state index contributed by atoms with van der Waals surface area (Å²) in [6, 6.07) is 0.584. The second-order valence-electron chi connectivity index (χ2n) is 4.55. The van der Waals surface area contributed by atoms with E-state index in [1.807, 2.05) is 6.20 Å². The Balaban J connectivity index is 2.01. The fourth-order valence-corrected chi connectivity index (χ4v) is 3.93. The maximum absolute atomic E-state index is 4.49. The van der Waals surface area contributed by atoms with Crippen molar-refractivity contribution in [3.63, 3.8) is 0 Å². The molecule has 4 heteroatoms. The number of likely N-dealkylation sites (N-methyl/N-ethyl adjacent to an activating group) is 1. The van der Waals surface area contributed by atoms with Gasteiger partial charge in [0.05, 0.1) is 0 Å². The second-order valence-corrected chi connectivity index (χ2v) is 5.90. The molecule has 2 heterocycles. The first-order chi connectivity index (χ1) is 8.35. The lowest BCUT2D eigenvalue weighted by Gasteiger charge is -2.23. The summed E-state index contributed by atoms with van der Waals surface area (Å²) in [5, 5.41) is 4.41. The predicted molar refractivity (Wildman–Crippen MR) is 74.5 cm³/mol. The quantitative estimate of drug-likeness (QED) is 0.844. The van der Waals surface area contributed by atoms with Crippen molar-refractivity contribution in [3.8, 4) is 0 Å². The number of aryl methyl sites for hydroxylation is 1. The van der Waals surface area contributed by atoms with Crippen molar-refractivity contribution in [1.82, 2.24) is 14.9 Å². The van der Waals surface area contributed by atoms with Crippen molar-refractivity contribution in [2.24, 2.45) is 0 Å². The zero-order chi connectivity index (χ0) is 12.1. The lowest BCUT2D eigenvalue weighted by atomic mass is 10.1. The number of hydrogen-bond acceptors (Lipinski definition) is 3. The van der Waals surface area contributed by atoms with Crippen LogP contribution in [-0.4, -0.2) is 33.1 Å². The van der Waals surface area contributed by atoms with Crippen molar-refractivity contribution < 1.29 is 0 Å². The number of rotatable bonds is 6. The highest BCUT2D eigenvalue weighted by molar-refractivity contribution is 8.00. The van der Waals surface area contributed by atoms with E-state index in [1.54, 1.807) is 0 Å². The van der Waals surface area contributed by atoms with E-state index in [0.717, 1.165) is 24.8 Å². The zero-order valence-corrected chi connectivity index (χ0v) is 11.7. The van der Waals surface area contributed by atoms with Gasteiger partial charge in [-0.1, -0.05) is 6.92 Å². The Morgan fingerprint density at radius 1 is 1.59 bits per heavy atom. The molecule has 3 nitrogen and oxygen atoms in total. The molecule has 0 radical (unpaired) electrons. The predicted octanol–water partition coefficient (Wildman–Crippen LogP) is 2.32. The number of nitrogens with zero attached hydrogens (tertiary/aromatic N) is 2. The van der Waals surface area contributed by atoms with Gasteiger partial charge in [-0.05, 0) is 32.1 Å². The SMILES string of the molecule is CCNC(Cc1nccn1CC)C1CCCS1. The largest absolute Gasteiger partial charge is 0.335 e. The van der Waals surface area contributed by atoms with Crippen LogP contribution in [0.5, 0.6) is 0 Å². The number of hydrogen-bond donors (Lipinski definition) is 1. The summed E-state index contributed by atoms with van der Waals surface area (Å²) >= 11 is 2.13. The summed E-state index contributed by atoms with van der Waals surface area (Å²) in [4.78, 5) is 4.49. The van der Waals surface area contributed by atoms with Crippen LogP contribution in [0.25, 0.3) is 0 Å². The van der Waals surface area contributed by atoms with Gasteiger partial charge in [-0.15, -0.1) is 0 Å². The number of thioether (sulfide) groups is 1. The minimum atomic E-state index is 0.584. The molecule has 1 aromatic rings. The molecule has 0 aromatic carbocycles. The molecule has 2 unspecified atom stereocenters. The van der Waals surface area contributed by atoms with Gasteiger partial charge >= 0.3 is 0 Å². The molecule has 1 aliphatic heterocycles. The third-order valence-corrected chi connectivity index (χ3v) is 4.94. The number of aromatic nitrogens is 2. The fourth-order valence-electron chi connectivity index (χ4n) is 2.53. The van der Waals surface area contributed by atoms with Crippen molar-refractivity contribution in [1.29, 1.82) is 0 Å². The maximum Gasteiger partial charge on any atom is 0.110 e. The summed E-state index contributed by atoms with van der Waals surface area (Å²) < 4.78 is 2.25. The van der Waals surface area contributed by atoms with Gasteiger partial charge < -0.3 is 9.88 Å². The highest BCUT2D eigenvalue weighted by atomic mass is 32.2. The van der Waals surface area contributed by atoms with Crippen LogP contribution in [0.4, 0.5) is 0 Å². The lowest BCUT2D eigenvalue weighted by molar-refractivity contribution is 0.477. The smallest absolute Gasteiger partial charge is 0.110 e. The molecule has 0 bridgehead atoms. The van der Waals surface area contributed by atoms with Gasteiger partial charge in [0, 0.05) is 36.7 Å². The van der Waals surface area contributed by atoms with Crippen LogP contribution >= 0.6 is 11.8 Å². The second kappa shape index (κ2) is 6.45. The minimum absolute atomic E-state index is 0.584. The molecule has 0 amide bonds. The van der Waals surface area contributed by atoms with Crippen LogP contribution in [0.1, 0.15) is 32.5 Å². The van der Waals surface area contributed by atoms with E-state index in [-0.39, 0.29) is 0 Å². The molecule has 1 aliphatic rings. The molecule has 96 valence electrons. The molecular weight excluding hydrogens is 230 g/mol. The van der Waals surface area contributed by atoms with E-state index in [9.17, 15) is 0 Å². The van der Waals surface area contributed by atoms with Gasteiger partial charge in [0.2, 0.25) is 0 Å². The first-order valence-corrected chi connectivity index (χ1v) is 7.75. The van der Waals surface area contributed by atoms with E-state index >= 15 is 0 Å². The molecule has 1 saturated heterocycles. The van der Waals surface area contributed by atoms with Gasteiger partial charge in [0.25, 0.3) is 0 Å². The van der Waals surface area contributed by atoms with E-state index in [0.29, 0.717) is 6.04 Å². The molecule has 0 saturated carbocycles. The first-order valence-electron chi connectivity index (χ1n) is 6.70. The molecule has 1 aromatic heterocycles. The Hall–Kier alpha value is -0.480. The van der Waals surface area contributed by atoms with Gasteiger partial charge in [-0.25, -0.2) is 4.98 Å². The van der Waals surface area contributed by atoms with Crippen LogP contribution in [0.3, 0.4) is 0 Å². The average molecular weight is 253 g/mol. The maximum atomic E-state index is 4.49. The van der Waals surface area contributed by atoms with E-state index in [4.69, 9.17) is 0 Å². The molecule has 0 aliphatic carbocycles. The van der Waals surface area contributed by atoms with Crippen LogP contribution in [0.2, 0.25) is 0 Å². The lowest BCUT2D eigenvalue weighted by Crippen LogP contribution is -2.39. The summed E-state index contributed by atoms with van der Waals surface area (Å²) in [5.74, 6) is 2.56. The van der Waals surface area contributed by atoms with Gasteiger partial charge in [0.15, 0.2) is 0 Å². The highest BCUT2D eigenvalue weighted by Crippen LogP contribution is 2.29. The highest BCUT2D eigenvalue weighted by Gasteiger charge is 2.26. The third-order valence-electron chi connectivity index (χ3n) is 3.42. The molecule has 0 spiro atoms. The van der Waals surface area contributed by atoms with Gasteiger partial charge in [-0.2, -0.15) is 11.8 Å². The summed E-state index contributed by atoms with van der Waals surface area (Å²) in [6.45, 7) is 6.44. The molecule has 1 N–H and O–H groups in total. The summed E-state index contributed by atoms with van der Waals surface area (Å²) in [6.07, 6.45) is 7.80. The first kappa shape index (κ1) is 13.0. The molecule has 17 heavy (non-hydrogen) atoms. The van der Waals surface area contributed by atoms with Crippen molar-refractivity contribution in [2.45, 2.75) is 50.9 Å². The molecule has 2 rings (SSSR count). The van der Waals surface area contributed by atoms with E-state index in [2.05, 4.69) is 46.7 Å². The topological polar surface area (TPSA) is 29.9 Å². The van der Waals surface area contributed by atoms with E-state index < -0.39 is 0 Å². The minimum Gasteiger partial charge on any atom is -0.335 e. The zero-order valence-electron chi connectivity index (χ0n) is 10.9. The van der Waals surface area contributed by atoms with Crippen LogP contribution in [-0.2, 0) is 13.0 Å². The van der Waals surface area contributed by atoms with Crippen molar-refractivity contribution in [3.05, 3.63) is 18.2 Å². The Labute approximate surface area is 108 Å². The Morgan fingerprint density at radius 2 is 2.47 bits per heavy atom. The van der Waals surface area contributed by atoms with Crippen LogP contribution in [0, 0.1) is 0 Å². The Kier molecular flexibility index (Phi) is 4.92. The van der Waals surface area contributed by atoms with Gasteiger partial charge in [0.1, 0.15) is 5.82 Å². The standard InChI is InChI=1S/C13H23N3S/c1-3-14-11(12-6-5-9-17-12)10-13-15-7-8-16(13)4-2/h7-8,11-12,14H,3-6,9-10H2,1-2H3. The molecule has 2 atom stereocenters. The van der Waals surface area contributed by atoms with Gasteiger partial charge in [-0.3, -0.25) is 0 Å². The monoisotopic (exact) mass is 253 g/mol. The van der Waals surface area contributed by atoms with Crippen molar-refractivity contribution in [2.75, 3.05) is 12.3 Å². The number of imidazole rings is 1. The van der Waals surface area contributed by atoms with E-state index in [1.165, 1.54) is 24.4 Å². The number of nitrogens with one attached hydrogen (secondary N) is 1. The Morgan fingerprint density at radius 3 is 3.12 bits per heavy atom.